The van der Waals surface area contributed by atoms with E-state index in [9.17, 15) is 0 Å². The van der Waals surface area contributed by atoms with Crippen molar-refractivity contribution in [1.82, 2.24) is 24.3 Å². The van der Waals surface area contributed by atoms with E-state index in [1.54, 1.807) is 11.3 Å². The lowest BCUT2D eigenvalue weighted by atomic mass is 10.1. The van der Waals surface area contributed by atoms with E-state index in [1.165, 1.54) is 0 Å². The third-order valence-corrected chi connectivity index (χ3v) is 5.11. The van der Waals surface area contributed by atoms with Crippen LogP contribution in [0.2, 0.25) is 0 Å². The lowest BCUT2D eigenvalue weighted by Crippen LogP contribution is -2.28. The highest BCUT2D eigenvalue weighted by molar-refractivity contribution is 7.71. The highest BCUT2D eigenvalue weighted by atomic mass is 32.1. The van der Waals surface area contributed by atoms with Crippen molar-refractivity contribution in [3.63, 3.8) is 0 Å². The number of nitrogens with zero attached hydrogens (tertiary/aromatic N) is 4. The second-order valence-electron chi connectivity index (χ2n) is 5.68. The summed E-state index contributed by atoms with van der Waals surface area (Å²) in [7, 11) is 1.97. The summed E-state index contributed by atoms with van der Waals surface area (Å²) in [6.07, 6.45) is 3.85. The third-order valence-electron chi connectivity index (χ3n) is 3.74. The molecule has 112 valence electrons. The van der Waals surface area contributed by atoms with Crippen molar-refractivity contribution in [3.8, 4) is 0 Å². The minimum atomic E-state index is -0.305. The van der Waals surface area contributed by atoms with Crippen LogP contribution >= 0.6 is 23.6 Å². The van der Waals surface area contributed by atoms with Crippen molar-refractivity contribution in [2.45, 2.75) is 39.2 Å². The van der Waals surface area contributed by atoms with Gasteiger partial charge in [-0.15, -0.1) is 11.3 Å². The summed E-state index contributed by atoms with van der Waals surface area (Å²) in [6, 6.07) is 0. The van der Waals surface area contributed by atoms with Crippen molar-refractivity contribution in [2.75, 3.05) is 0 Å². The van der Waals surface area contributed by atoms with Gasteiger partial charge in [-0.1, -0.05) is 13.3 Å². The molecule has 0 saturated carbocycles. The molecule has 0 atom stereocenters. The summed E-state index contributed by atoms with van der Waals surface area (Å²) in [5.74, 6) is 0. The summed E-state index contributed by atoms with van der Waals surface area (Å²) < 4.78 is 4.76. The molecule has 3 rings (SSSR count). The molecule has 3 heterocycles. The molecule has 0 amide bonds. The van der Waals surface area contributed by atoms with Crippen LogP contribution < -0.4 is 0 Å². The fourth-order valence-electron chi connectivity index (χ4n) is 2.76. The number of fused-ring (bicyclic) bond motifs is 1. The van der Waals surface area contributed by atoms with E-state index < -0.39 is 0 Å². The van der Waals surface area contributed by atoms with Gasteiger partial charge >= 0.3 is 0 Å². The SMILES string of the molecule is CCCc1nn(C)c2c1[nH]c(=S)n2C(C)(C)c1nccs1. The molecule has 0 fully saturated rings. The van der Waals surface area contributed by atoms with E-state index in [4.69, 9.17) is 12.2 Å². The molecule has 0 bridgehead atoms. The molecule has 0 spiro atoms. The maximum absolute atomic E-state index is 5.58. The van der Waals surface area contributed by atoms with Gasteiger partial charge < -0.3 is 4.98 Å². The molecule has 5 nitrogen and oxygen atoms in total. The first kappa shape index (κ1) is 14.5. The van der Waals surface area contributed by atoms with Gasteiger partial charge in [0.2, 0.25) is 0 Å². The Kier molecular flexibility index (Phi) is 3.49. The van der Waals surface area contributed by atoms with Crippen molar-refractivity contribution in [2.24, 2.45) is 7.05 Å². The van der Waals surface area contributed by atoms with Gasteiger partial charge in [0.25, 0.3) is 0 Å². The van der Waals surface area contributed by atoms with Crippen LogP contribution in [0.5, 0.6) is 0 Å². The van der Waals surface area contributed by atoms with E-state index in [-0.39, 0.29) is 5.54 Å². The first-order chi connectivity index (χ1) is 9.96. The van der Waals surface area contributed by atoms with E-state index in [0.717, 1.165) is 39.5 Å². The third kappa shape index (κ3) is 2.15. The highest BCUT2D eigenvalue weighted by Gasteiger charge is 2.30. The summed E-state index contributed by atoms with van der Waals surface area (Å²) in [4.78, 5) is 7.81. The van der Waals surface area contributed by atoms with E-state index >= 15 is 0 Å². The van der Waals surface area contributed by atoms with Crippen LogP contribution in [0.3, 0.4) is 0 Å². The molecule has 1 N–H and O–H groups in total. The summed E-state index contributed by atoms with van der Waals surface area (Å²) >= 11 is 7.22. The molecule has 3 aromatic rings. The zero-order chi connectivity index (χ0) is 15.2. The second kappa shape index (κ2) is 5.06. The average Bonchev–Trinajstić information content (AvgIpc) is 3.09. The number of rotatable bonds is 4. The summed E-state index contributed by atoms with van der Waals surface area (Å²) in [6.45, 7) is 6.44. The largest absolute Gasteiger partial charge is 0.328 e. The minimum absolute atomic E-state index is 0.305. The van der Waals surface area contributed by atoms with Crippen molar-refractivity contribution in [1.29, 1.82) is 0 Å². The molecule has 0 aliphatic rings. The summed E-state index contributed by atoms with van der Waals surface area (Å²) in [5, 5.41) is 7.67. The summed E-state index contributed by atoms with van der Waals surface area (Å²) in [5.41, 5.74) is 2.85. The monoisotopic (exact) mass is 321 g/mol. The Morgan fingerprint density at radius 1 is 1.43 bits per heavy atom. The Morgan fingerprint density at radius 2 is 2.19 bits per heavy atom. The van der Waals surface area contributed by atoms with Gasteiger partial charge in [-0.3, -0.25) is 9.25 Å². The predicted molar refractivity (Wildman–Crippen MR) is 88.4 cm³/mol. The van der Waals surface area contributed by atoms with Gasteiger partial charge in [0.1, 0.15) is 10.5 Å². The van der Waals surface area contributed by atoms with Crippen LogP contribution in [0.4, 0.5) is 0 Å². The van der Waals surface area contributed by atoms with Crippen molar-refractivity contribution in [3.05, 3.63) is 27.0 Å². The molecule has 0 aliphatic carbocycles. The number of aryl methyl sites for hydroxylation is 2. The smallest absolute Gasteiger partial charge is 0.180 e. The van der Waals surface area contributed by atoms with E-state index in [0.29, 0.717) is 0 Å². The van der Waals surface area contributed by atoms with Gasteiger partial charge in [-0.25, -0.2) is 4.98 Å². The van der Waals surface area contributed by atoms with Crippen LogP contribution in [0.15, 0.2) is 11.6 Å². The number of H-pyrrole nitrogens is 1. The Bertz CT molecular complexity index is 820. The van der Waals surface area contributed by atoms with Crippen molar-refractivity contribution >= 4 is 34.7 Å². The Balaban J connectivity index is 2.28. The minimum Gasteiger partial charge on any atom is -0.328 e. The van der Waals surface area contributed by atoms with Crippen LogP contribution in [-0.4, -0.2) is 24.3 Å². The Morgan fingerprint density at radius 3 is 2.81 bits per heavy atom. The van der Waals surface area contributed by atoms with Crippen LogP contribution in [0, 0.1) is 4.77 Å². The first-order valence-electron chi connectivity index (χ1n) is 7.03. The zero-order valence-corrected chi connectivity index (χ0v) is 14.3. The number of aromatic nitrogens is 5. The normalized spacial score (nSPS) is 12.4. The quantitative estimate of drug-likeness (QED) is 0.747. The number of thiazole rings is 1. The van der Waals surface area contributed by atoms with E-state index in [1.807, 2.05) is 23.3 Å². The van der Waals surface area contributed by atoms with Crippen LogP contribution in [0.25, 0.3) is 11.2 Å². The zero-order valence-electron chi connectivity index (χ0n) is 12.7. The molecular weight excluding hydrogens is 302 g/mol. The Labute approximate surface area is 132 Å². The highest BCUT2D eigenvalue weighted by Crippen LogP contribution is 2.32. The Hall–Kier alpha value is -1.47. The number of aromatic amines is 1. The van der Waals surface area contributed by atoms with Crippen molar-refractivity contribution < 1.29 is 0 Å². The molecular formula is C14H19N5S2. The lowest BCUT2D eigenvalue weighted by Gasteiger charge is -2.24. The molecule has 3 aromatic heterocycles. The average molecular weight is 321 g/mol. The maximum atomic E-state index is 5.58. The van der Waals surface area contributed by atoms with Gasteiger partial charge in [0.15, 0.2) is 10.4 Å². The molecule has 0 aromatic carbocycles. The topological polar surface area (TPSA) is 51.4 Å². The van der Waals surface area contributed by atoms with Gasteiger partial charge in [-0.05, 0) is 32.5 Å². The van der Waals surface area contributed by atoms with E-state index in [2.05, 4.69) is 40.4 Å². The molecule has 0 unspecified atom stereocenters. The number of hydrogen-bond donors (Lipinski definition) is 1. The predicted octanol–water partition coefficient (Wildman–Crippen LogP) is 3.62. The molecule has 0 saturated heterocycles. The molecule has 0 radical (unpaired) electrons. The fourth-order valence-corrected chi connectivity index (χ4v) is 3.93. The maximum Gasteiger partial charge on any atom is 0.180 e. The molecule has 0 aliphatic heterocycles. The number of imidazole rings is 1. The van der Waals surface area contributed by atoms with Crippen LogP contribution in [-0.2, 0) is 19.0 Å². The first-order valence-corrected chi connectivity index (χ1v) is 8.32. The molecule has 7 heteroatoms. The fraction of sp³-hybridized carbons (Fsp3) is 0.500. The van der Waals surface area contributed by atoms with Gasteiger partial charge in [0, 0.05) is 18.6 Å². The van der Waals surface area contributed by atoms with Gasteiger partial charge in [0.05, 0.1) is 11.2 Å². The lowest BCUT2D eigenvalue weighted by molar-refractivity contribution is 0.433. The van der Waals surface area contributed by atoms with Crippen LogP contribution in [0.1, 0.15) is 37.9 Å². The molecule has 21 heavy (non-hydrogen) atoms. The number of hydrogen-bond acceptors (Lipinski definition) is 4. The number of nitrogens with one attached hydrogen (secondary N) is 1. The second-order valence-corrected chi connectivity index (χ2v) is 6.96. The standard InChI is InChI=1S/C14H19N5S2/c1-5-6-9-10-11(18(4)17-9)19(13(20)16-10)14(2,3)12-15-7-8-21-12/h7-8H,5-6H2,1-4H3,(H,16,20). The van der Waals surface area contributed by atoms with Gasteiger partial charge in [-0.2, -0.15) is 5.10 Å².